The topological polar surface area (TPSA) is 73.0 Å². The molecule has 24 heavy (non-hydrogen) atoms. The molecule has 1 heterocycles. The van der Waals surface area contributed by atoms with Gasteiger partial charge in [-0.3, -0.25) is 13.4 Å². The summed E-state index contributed by atoms with van der Waals surface area (Å²) in [5.74, 6) is -0.352. The lowest BCUT2D eigenvalue weighted by Gasteiger charge is -2.44. The molecule has 0 saturated carbocycles. The molecule has 4 N–H and O–H groups in total. The van der Waals surface area contributed by atoms with Gasteiger partial charge in [0.25, 0.3) is 0 Å². The largest absolute Gasteiger partial charge is 0.330 e. The van der Waals surface area contributed by atoms with Crippen molar-refractivity contribution in [2.45, 2.75) is 13.3 Å². The molecule has 0 atom stereocenters. The number of nitrogens with zero attached hydrogens (tertiary/aromatic N) is 2. The first-order valence-corrected chi connectivity index (χ1v) is 8.84. The van der Waals surface area contributed by atoms with Crippen molar-refractivity contribution >= 4 is 40.4 Å². The highest BCUT2D eigenvalue weighted by atomic mass is 35.5. The third kappa shape index (κ3) is 3.05. The zero-order chi connectivity index (χ0) is 16.6. The van der Waals surface area contributed by atoms with Crippen molar-refractivity contribution < 1.29 is 13.5 Å². The Labute approximate surface area is 148 Å². The summed E-state index contributed by atoms with van der Waals surface area (Å²) in [6.07, 6.45) is 0.639. The average molecular weight is 374 g/mol. The van der Waals surface area contributed by atoms with Crippen LogP contribution in [-0.4, -0.2) is 22.2 Å². The van der Waals surface area contributed by atoms with Crippen LogP contribution in [0.25, 0.3) is 0 Å². The van der Waals surface area contributed by atoms with E-state index in [2.05, 4.69) is 0 Å². The molecule has 132 valence electrons. The number of halogens is 2. The first-order valence-electron chi connectivity index (χ1n) is 7.38. The van der Waals surface area contributed by atoms with Gasteiger partial charge in [0.1, 0.15) is 5.82 Å². The monoisotopic (exact) mass is 373 g/mol. The molecule has 3 rings (SSSR count). The first-order chi connectivity index (χ1) is 11.0. The number of rotatable bonds is 4. The van der Waals surface area contributed by atoms with Gasteiger partial charge in [0.15, 0.2) is 0 Å². The Bertz CT molecular complexity index is 732. The molecule has 1 aliphatic heterocycles. The zero-order valence-corrected chi connectivity index (χ0v) is 14.9. The number of hydrogen-bond donors (Lipinski definition) is 3. The number of aryl methyl sites for hydroxylation is 1. The molecule has 5 nitrogen and oxygen atoms in total. The molecule has 0 bridgehead atoms. The number of anilines is 3. The second-order valence-corrected chi connectivity index (χ2v) is 7.23. The van der Waals surface area contributed by atoms with Crippen LogP contribution in [0.2, 0.25) is 0 Å². The van der Waals surface area contributed by atoms with Crippen LogP contribution in [0, 0.1) is 12.7 Å². The number of para-hydroxylation sites is 2. The minimum atomic E-state index is -3.26. The normalized spacial score (nSPS) is 16.5. The summed E-state index contributed by atoms with van der Waals surface area (Å²) in [5.41, 5.74) is 8.22. The SMILES string of the molecule is Cc1cc(F)ccc1N1c2ccccc2N(CCCN)S1(O)O.Cl. The smallest absolute Gasteiger partial charge is 0.123 e. The Hall–Kier alpha value is -1.51. The van der Waals surface area contributed by atoms with E-state index in [9.17, 15) is 13.5 Å². The highest BCUT2D eigenvalue weighted by molar-refractivity contribution is 8.27. The molecular formula is C16H21ClFN3O2S. The predicted molar refractivity (Wildman–Crippen MR) is 101 cm³/mol. The summed E-state index contributed by atoms with van der Waals surface area (Å²) in [5, 5.41) is 0. The molecule has 0 amide bonds. The Morgan fingerprint density at radius 1 is 1.08 bits per heavy atom. The minimum absolute atomic E-state index is 0. The quantitative estimate of drug-likeness (QED) is 0.738. The Morgan fingerprint density at radius 2 is 1.75 bits per heavy atom. The highest BCUT2D eigenvalue weighted by Gasteiger charge is 2.41. The zero-order valence-electron chi connectivity index (χ0n) is 13.2. The van der Waals surface area contributed by atoms with Crippen molar-refractivity contribution in [2.75, 3.05) is 21.7 Å². The van der Waals surface area contributed by atoms with Gasteiger partial charge in [-0.05, 0) is 66.7 Å². The lowest BCUT2D eigenvalue weighted by atomic mass is 10.1. The molecule has 1 aliphatic rings. The van der Waals surface area contributed by atoms with Gasteiger partial charge < -0.3 is 5.73 Å². The number of fused-ring (bicyclic) bond motifs is 1. The molecule has 0 saturated heterocycles. The van der Waals surface area contributed by atoms with E-state index in [4.69, 9.17) is 5.73 Å². The first kappa shape index (κ1) is 18.8. The summed E-state index contributed by atoms with van der Waals surface area (Å²) in [6.45, 7) is 2.65. The van der Waals surface area contributed by atoms with Crippen molar-refractivity contribution in [3.8, 4) is 0 Å². The van der Waals surface area contributed by atoms with Crippen LogP contribution in [0.1, 0.15) is 12.0 Å². The van der Waals surface area contributed by atoms with E-state index in [1.807, 2.05) is 24.3 Å². The van der Waals surface area contributed by atoms with Gasteiger partial charge in [0.05, 0.1) is 17.1 Å². The van der Waals surface area contributed by atoms with Crippen molar-refractivity contribution in [3.05, 3.63) is 53.8 Å². The van der Waals surface area contributed by atoms with Crippen molar-refractivity contribution in [1.82, 2.24) is 0 Å². The van der Waals surface area contributed by atoms with E-state index in [0.717, 1.165) is 5.69 Å². The van der Waals surface area contributed by atoms with Crippen LogP contribution in [0.4, 0.5) is 21.5 Å². The molecule has 0 radical (unpaired) electrons. The van der Waals surface area contributed by atoms with E-state index in [1.165, 1.54) is 16.4 Å². The summed E-state index contributed by atoms with van der Waals surface area (Å²) >= 11 is 0. The van der Waals surface area contributed by atoms with Crippen LogP contribution in [0.5, 0.6) is 0 Å². The van der Waals surface area contributed by atoms with Crippen LogP contribution in [-0.2, 0) is 0 Å². The minimum Gasteiger partial charge on any atom is -0.330 e. The second-order valence-electron chi connectivity index (χ2n) is 5.45. The standard InChI is InChI=1S/C16H20FN3O2S.ClH/c1-12-11-13(17)7-8-14(12)20-16-6-3-2-5-15(16)19(10-4-9-18)23(20,21)22;/h2-3,5-8,11,21-22H,4,9-10,18H2,1H3;1H. The van der Waals surface area contributed by atoms with Gasteiger partial charge >= 0.3 is 0 Å². The van der Waals surface area contributed by atoms with E-state index in [1.54, 1.807) is 17.3 Å². The summed E-state index contributed by atoms with van der Waals surface area (Å²) in [4.78, 5) is 0. The molecular weight excluding hydrogens is 353 g/mol. The third-order valence-electron chi connectivity index (χ3n) is 3.85. The molecule has 0 unspecified atom stereocenters. The Morgan fingerprint density at radius 3 is 2.38 bits per heavy atom. The molecule has 0 aromatic heterocycles. The Balaban J connectivity index is 0.00000208. The lowest BCUT2D eigenvalue weighted by molar-refractivity contribution is 0.484. The number of hydrogen-bond acceptors (Lipinski definition) is 5. The maximum atomic E-state index is 13.4. The molecule has 0 fully saturated rings. The van der Waals surface area contributed by atoms with Gasteiger partial charge in [-0.2, -0.15) is 0 Å². The number of nitrogens with two attached hydrogens (primary N) is 1. The van der Waals surface area contributed by atoms with Crippen LogP contribution < -0.4 is 14.3 Å². The third-order valence-corrected chi connectivity index (χ3v) is 5.71. The van der Waals surface area contributed by atoms with Gasteiger partial charge in [-0.15, -0.1) is 12.4 Å². The van der Waals surface area contributed by atoms with Crippen molar-refractivity contribution in [3.63, 3.8) is 0 Å². The molecule has 0 spiro atoms. The van der Waals surface area contributed by atoms with E-state index in [0.29, 0.717) is 36.4 Å². The summed E-state index contributed by atoms with van der Waals surface area (Å²) < 4.78 is 38.2. The van der Waals surface area contributed by atoms with Crippen molar-refractivity contribution in [1.29, 1.82) is 0 Å². The fraction of sp³-hybridized carbons (Fsp3) is 0.250. The summed E-state index contributed by atoms with van der Waals surface area (Å²) in [6, 6.07) is 11.6. The maximum absolute atomic E-state index is 13.4. The molecule has 2 aromatic rings. The molecule has 8 heteroatoms. The fourth-order valence-electron chi connectivity index (χ4n) is 2.80. The lowest BCUT2D eigenvalue weighted by Crippen LogP contribution is -2.32. The van der Waals surface area contributed by atoms with Gasteiger partial charge in [-0.25, -0.2) is 8.70 Å². The van der Waals surface area contributed by atoms with Gasteiger partial charge in [0.2, 0.25) is 0 Å². The Kier molecular flexibility index (Phi) is 5.62. The summed E-state index contributed by atoms with van der Waals surface area (Å²) in [7, 11) is -3.26. The second kappa shape index (κ2) is 7.16. The fourth-order valence-corrected chi connectivity index (χ4v) is 4.67. The van der Waals surface area contributed by atoms with Gasteiger partial charge in [-0.1, -0.05) is 12.1 Å². The molecule has 2 aromatic carbocycles. The predicted octanol–water partition coefficient (Wildman–Crippen LogP) is 4.44. The van der Waals surface area contributed by atoms with Crippen LogP contribution in [0.15, 0.2) is 42.5 Å². The van der Waals surface area contributed by atoms with Crippen LogP contribution >= 0.6 is 23.4 Å². The van der Waals surface area contributed by atoms with E-state index >= 15 is 0 Å². The van der Waals surface area contributed by atoms with Gasteiger partial charge in [0, 0.05) is 6.54 Å². The van der Waals surface area contributed by atoms with E-state index < -0.39 is 11.0 Å². The average Bonchev–Trinajstić information content (AvgIpc) is 2.72. The maximum Gasteiger partial charge on any atom is 0.123 e. The van der Waals surface area contributed by atoms with Crippen LogP contribution in [0.3, 0.4) is 0 Å². The highest BCUT2D eigenvalue weighted by Crippen LogP contribution is 2.64. The molecule has 0 aliphatic carbocycles. The van der Waals surface area contributed by atoms with Crippen molar-refractivity contribution in [2.24, 2.45) is 5.73 Å². The number of benzene rings is 2. The van der Waals surface area contributed by atoms with E-state index in [-0.39, 0.29) is 18.2 Å².